The highest BCUT2D eigenvalue weighted by molar-refractivity contribution is 5.77. The van der Waals surface area contributed by atoms with Crippen LogP contribution in [0.1, 0.15) is 6.42 Å². The van der Waals surface area contributed by atoms with Crippen molar-refractivity contribution in [3.8, 4) is 11.8 Å². The van der Waals surface area contributed by atoms with E-state index in [1.807, 2.05) is 0 Å². The standard InChI is InChI=1S/C12H17N3O4/c1-17-8-12(16)15-6-5-9(7-15)19-11-4-3-10(18-2)13-14-11/h3-4,9H,5-8H2,1-2H3. The first kappa shape index (κ1) is 13.5. The van der Waals surface area contributed by atoms with Crippen LogP contribution in [-0.2, 0) is 9.53 Å². The zero-order valence-corrected chi connectivity index (χ0v) is 11.0. The maximum atomic E-state index is 11.6. The molecule has 1 fully saturated rings. The van der Waals surface area contributed by atoms with Gasteiger partial charge in [-0.3, -0.25) is 4.79 Å². The number of ether oxygens (including phenoxy) is 3. The SMILES string of the molecule is COCC(=O)N1CCC(Oc2ccc(OC)nn2)C1. The topological polar surface area (TPSA) is 73.8 Å². The summed E-state index contributed by atoms with van der Waals surface area (Å²) in [6, 6.07) is 3.39. The number of carbonyl (C=O) groups is 1. The maximum Gasteiger partial charge on any atom is 0.248 e. The lowest BCUT2D eigenvalue weighted by Gasteiger charge is -2.16. The molecule has 7 heteroatoms. The second-order valence-electron chi connectivity index (χ2n) is 4.22. The number of methoxy groups -OCH3 is 2. The van der Waals surface area contributed by atoms with Crippen molar-refractivity contribution < 1.29 is 19.0 Å². The molecule has 7 nitrogen and oxygen atoms in total. The highest BCUT2D eigenvalue weighted by atomic mass is 16.5. The molecular weight excluding hydrogens is 250 g/mol. The number of rotatable bonds is 5. The Morgan fingerprint density at radius 3 is 2.74 bits per heavy atom. The van der Waals surface area contributed by atoms with Crippen LogP contribution in [0.5, 0.6) is 11.8 Å². The first-order chi connectivity index (χ1) is 9.22. The molecule has 1 atom stereocenters. The van der Waals surface area contributed by atoms with Gasteiger partial charge in [0.15, 0.2) is 0 Å². The number of carbonyl (C=O) groups excluding carboxylic acids is 1. The van der Waals surface area contributed by atoms with Crippen LogP contribution in [0.2, 0.25) is 0 Å². The molecule has 0 aliphatic carbocycles. The normalized spacial score (nSPS) is 18.4. The molecule has 0 bridgehead atoms. The summed E-state index contributed by atoms with van der Waals surface area (Å²) in [4.78, 5) is 13.4. The van der Waals surface area contributed by atoms with E-state index in [0.29, 0.717) is 24.8 Å². The summed E-state index contributed by atoms with van der Waals surface area (Å²) in [6.07, 6.45) is 0.729. The average Bonchev–Trinajstić information content (AvgIpc) is 2.88. The number of amides is 1. The Morgan fingerprint density at radius 1 is 1.37 bits per heavy atom. The fourth-order valence-corrected chi connectivity index (χ4v) is 1.92. The van der Waals surface area contributed by atoms with E-state index >= 15 is 0 Å². The summed E-state index contributed by atoms with van der Waals surface area (Å²) in [7, 11) is 3.04. The van der Waals surface area contributed by atoms with Gasteiger partial charge in [0, 0.05) is 32.2 Å². The van der Waals surface area contributed by atoms with Crippen molar-refractivity contribution in [2.24, 2.45) is 0 Å². The van der Waals surface area contributed by atoms with E-state index in [4.69, 9.17) is 14.2 Å². The van der Waals surface area contributed by atoms with Crippen LogP contribution >= 0.6 is 0 Å². The Morgan fingerprint density at radius 2 is 2.11 bits per heavy atom. The van der Waals surface area contributed by atoms with Crippen LogP contribution in [0.25, 0.3) is 0 Å². The van der Waals surface area contributed by atoms with Crippen LogP contribution < -0.4 is 9.47 Å². The lowest BCUT2D eigenvalue weighted by atomic mass is 10.3. The minimum atomic E-state index is -0.0523. The van der Waals surface area contributed by atoms with E-state index in [0.717, 1.165) is 6.42 Å². The summed E-state index contributed by atoms with van der Waals surface area (Å²) in [6.45, 7) is 1.33. The van der Waals surface area contributed by atoms with Crippen molar-refractivity contribution in [2.75, 3.05) is 33.9 Å². The Kier molecular flexibility index (Phi) is 4.51. The smallest absolute Gasteiger partial charge is 0.248 e. The summed E-state index contributed by atoms with van der Waals surface area (Å²) in [5.74, 6) is 0.858. The van der Waals surface area contributed by atoms with Crippen molar-refractivity contribution in [3.05, 3.63) is 12.1 Å². The van der Waals surface area contributed by atoms with Gasteiger partial charge in [0.1, 0.15) is 12.7 Å². The number of hydrogen-bond acceptors (Lipinski definition) is 6. The van der Waals surface area contributed by atoms with Gasteiger partial charge >= 0.3 is 0 Å². The average molecular weight is 267 g/mol. The van der Waals surface area contributed by atoms with Gasteiger partial charge in [-0.2, -0.15) is 0 Å². The summed E-state index contributed by atoms with van der Waals surface area (Å²) < 4.78 is 15.4. The monoisotopic (exact) mass is 267 g/mol. The fourth-order valence-electron chi connectivity index (χ4n) is 1.92. The molecule has 1 aliphatic heterocycles. The van der Waals surface area contributed by atoms with Gasteiger partial charge < -0.3 is 19.1 Å². The third kappa shape index (κ3) is 3.54. The third-order valence-electron chi connectivity index (χ3n) is 2.88. The first-order valence-electron chi connectivity index (χ1n) is 6.04. The van der Waals surface area contributed by atoms with E-state index in [1.165, 1.54) is 14.2 Å². The molecule has 19 heavy (non-hydrogen) atoms. The highest BCUT2D eigenvalue weighted by Crippen LogP contribution is 2.17. The minimum absolute atomic E-state index is 0.0191. The number of nitrogens with zero attached hydrogens (tertiary/aromatic N) is 3. The van der Waals surface area contributed by atoms with Crippen molar-refractivity contribution in [2.45, 2.75) is 12.5 Å². The van der Waals surface area contributed by atoms with Crippen molar-refractivity contribution in [1.29, 1.82) is 0 Å². The molecule has 2 rings (SSSR count). The number of likely N-dealkylation sites (tertiary alicyclic amines) is 1. The molecule has 1 unspecified atom stereocenters. The largest absolute Gasteiger partial charge is 0.480 e. The Labute approximate surface area is 111 Å². The van der Waals surface area contributed by atoms with Gasteiger partial charge in [-0.15, -0.1) is 10.2 Å². The van der Waals surface area contributed by atoms with Crippen molar-refractivity contribution in [1.82, 2.24) is 15.1 Å². The fraction of sp³-hybridized carbons (Fsp3) is 0.583. The molecular formula is C12H17N3O4. The van der Waals surface area contributed by atoms with Gasteiger partial charge in [-0.05, 0) is 0 Å². The van der Waals surface area contributed by atoms with Crippen LogP contribution in [0.15, 0.2) is 12.1 Å². The molecule has 0 aromatic carbocycles. The third-order valence-corrected chi connectivity index (χ3v) is 2.88. The number of aromatic nitrogens is 2. The van der Waals surface area contributed by atoms with Gasteiger partial charge in [0.2, 0.25) is 17.7 Å². The lowest BCUT2D eigenvalue weighted by Crippen LogP contribution is -2.33. The van der Waals surface area contributed by atoms with Crippen LogP contribution in [0.4, 0.5) is 0 Å². The van der Waals surface area contributed by atoms with Crippen molar-refractivity contribution >= 4 is 5.91 Å². The first-order valence-corrected chi connectivity index (χ1v) is 6.04. The molecule has 2 heterocycles. The van der Waals surface area contributed by atoms with E-state index < -0.39 is 0 Å². The molecule has 1 aromatic rings. The molecule has 1 aliphatic rings. The molecule has 0 N–H and O–H groups in total. The van der Waals surface area contributed by atoms with E-state index in [-0.39, 0.29) is 18.6 Å². The number of hydrogen-bond donors (Lipinski definition) is 0. The second-order valence-corrected chi connectivity index (χ2v) is 4.22. The zero-order chi connectivity index (χ0) is 13.7. The van der Waals surface area contributed by atoms with E-state index in [1.54, 1.807) is 17.0 Å². The van der Waals surface area contributed by atoms with Gasteiger partial charge in [-0.25, -0.2) is 0 Å². The lowest BCUT2D eigenvalue weighted by molar-refractivity contribution is -0.134. The molecule has 1 amide bonds. The summed E-state index contributed by atoms with van der Waals surface area (Å²) in [5, 5.41) is 7.72. The van der Waals surface area contributed by atoms with Crippen LogP contribution in [-0.4, -0.2) is 61.0 Å². The maximum absolute atomic E-state index is 11.6. The van der Waals surface area contributed by atoms with Gasteiger partial charge in [0.05, 0.1) is 13.7 Å². The molecule has 1 aromatic heterocycles. The molecule has 104 valence electrons. The van der Waals surface area contributed by atoms with E-state index in [9.17, 15) is 4.79 Å². The predicted octanol–water partition coefficient (Wildman–Crippen LogP) is 0.111. The second kappa shape index (κ2) is 6.33. The summed E-state index contributed by atoms with van der Waals surface area (Å²) in [5.41, 5.74) is 0. The Balaban J connectivity index is 1.85. The zero-order valence-electron chi connectivity index (χ0n) is 11.0. The molecule has 0 spiro atoms. The molecule has 1 saturated heterocycles. The Bertz CT molecular complexity index is 423. The minimum Gasteiger partial charge on any atom is -0.480 e. The van der Waals surface area contributed by atoms with Crippen LogP contribution in [0, 0.1) is 0 Å². The van der Waals surface area contributed by atoms with Gasteiger partial charge in [0.25, 0.3) is 0 Å². The van der Waals surface area contributed by atoms with Crippen molar-refractivity contribution in [3.63, 3.8) is 0 Å². The highest BCUT2D eigenvalue weighted by Gasteiger charge is 2.27. The van der Waals surface area contributed by atoms with Gasteiger partial charge in [-0.1, -0.05) is 0 Å². The quantitative estimate of drug-likeness (QED) is 0.754. The van der Waals surface area contributed by atoms with Crippen LogP contribution in [0.3, 0.4) is 0 Å². The summed E-state index contributed by atoms with van der Waals surface area (Å²) >= 11 is 0. The molecule has 0 radical (unpaired) electrons. The predicted molar refractivity (Wildman–Crippen MR) is 66.1 cm³/mol. The van der Waals surface area contributed by atoms with E-state index in [2.05, 4.69) is 10.2 Å². The Hall–Kier alpha value is -1.89. The molecule has 0 saturated carbocycles.